The molecule has 0 radical (unpaired) electrons. The van der Waals surface area contributed by atoms with Gasteiger partial charge in [-0.1, -0.05) is 6.07 Å². The van der Waals surface area contributed by atoms with E-state index < -0.39 is 0 Å². The van der Waals surface area contributed by atoms with Gasteiger partial charge in [-0.05, 0) is 62.2 Å². The highest BCUT2D eigenvalue weighted by Gasteiger charge is 2.08. The van der Waals surface area contributed by atoms with Gasteiger partial charge in [0, 0.05) is 11.3 Å². The molecule has 0 fully saturated rings. The average Bonchev–Trinajstić information content (AvgIpc) is 2.33. The predicted octanol–water partition coefficient (Wildman–Crippen LogP) is 4.51. The van der Waals surface area contributed by atoms with Crippen molar-refractivity contribution in [2.45, 2.75) is 6.61 Å². The monoisotopic (exact) mass is 373 g/mol. The zero-order chi connectivity index (χ0) is 13.1. The molecular weight excluding hydrogens is 365 g/mol. The quantitative estimate of drug-likeness (QED) is 0.802. The van der Waals surface area contributed by atoms with Crippen LogP contribution >= 0.6 is 31.9 Å². The lowest BCUT2D eigenvalue weighted by molar-refractivity contribution is 0.302. The third-order valence-corrected chi connectivity index (χ3v) is 3.64. The summed E-state index contributed by atoms with van der Waals surface area (Å²) in [6, 6.07) is 9.86. The number of nitrogen functional groups attached to an aromatic ring is 1. The molecule has 18 heavy (non-hydrogen) atoms. The number of para-hydroxylation sites is 1. The number of ether oxygens (including phenoxy) is 1. The summed E-state index contributed by atoms with van der Waals surface area (Å²) in [5.41, 5.74) is 6.90. The molecule has 0 heterocycles. The molecule has 0 aliphatic carbocycles. The molecule has 94 valence electrons. The zero-order valence-electron chi connectivity index (χ0n) is 9.29. The van der Waals surface area contributed by atoms with Crippen LogP contribution in [0.15, 0.2) is 45.3 Å². The number of anilines is 1. The highest BCUT2D eigenvalue weighted by Crippen LogP contribution is 2.33. The minimum absolute atomic E-state index is 0.213. The summed E-state index contributed by atoms with van der Waals surface area (Å²) >= 11 is 6.79. The van der Waals surface area contributed by atoms with Crippen molar-refractivity contribution in [2.24, 2.45) is 0 Å². The van der Waals surface area contributed by atoms with Gasteiger partial charge in [0.25, 0.3) is 0 Å². The molecule has 5 heteroatoms. The van der Waals surface area contributed by atoms with E-state index in [9.17, 15) is 4.39 Å². The smallest absolute Gasteiger partial charge is 0.148 e. The zero-order valence-corrected chi connectivity index (χ0v) is 12.5. The highest BCUT2D eigenvalue weighted by molar-refractivity contribution is 9.11. The molecule has 0 unspecified atom stereocenters. The second-order valence-electron chi connectivity index (χ2n) is 3.68. The number of rotatable bonds is 3. The van der Waals surface area contributed by atoms with Gasteiger partial charge < -0.3 is 10.5 Å². The Kier molecular flexibility index (Phi) is 4.24. The summed E-state index contributed by atoms with van der Waals surface area (Å²) in [5, 5.41) is 0. The first-order valence-corrected chi connectivity index (χ1v) is 6.77. The summed E-state index contributed by atoms with van der Waals surface area (Å²) in [4.78, 5) is 0. The highest BCUT2D eigenvalue weighted by atomic mass is 79.9. The summed E-state index contributed by atoms with van der Waals surface area (Å²) in [5.74, 6) is 0.343. The van der Waals surface area contributed by atoms with Crippen LogP contribution in [0, 0.1) is 5.82 Å². The first kappa shape index (κ1) is 13.4. The first-order valence-electron chi connectivity index (χ1n) is 5.18. The minimum atomic E-state index is -0.325. The first-order chi connectivity index (χ1) is 8.58. The fourth-order valence-electron chi connectivity index (χ4n) is 1.47. The average molecular weight is 375 g/mol. The van der Waals surface area contributed by atoms with E-state index in [0.717, 1.165) is 8.95 Å². The number of benzene rings is 2. The molecule has 0 aliphatic rings. The summed E-state index contributed by atoms with van der Waals surface area (Å²) in [6.07, 6.45) is 0. The van der Waals surface area contributed by atoms with Crippen molar-refractivity contribution in [3.63, 3.8) is 0 Å². The molecule has 0 saturated heterocycles. The van der Waals surface area contributed by atoms with Gasteiger partial charge in [0.15, 0.2) is 0 Å². The Hall–Kier alpha value is -1.07. The van der Waals surface area contributed by atoms with Crippen molar-refractivity contribution in [3.05, 3.63) is 56.7 Å². The largest absolute Gasteiger partial charge is 0.486 e. The van der Waals surface area contributed by atoms with Crippen molar-refractivity contribution in [2.75, 3.05) is 5.73 Å². The number of hydrogen-bond donors (Lipinski definition) is 1. The Morgan fingerprint density at radius 2 is 1.78 bits per heavy atom. The van der Waals surface area contributed by atoms with Crippen LogP contribution in [0.1, 0.15) is 5.56 Å². The van der Waals surface area contributed by atoms with Gasteiger partial charge in [0.05, 0.1) is 8.95 Å². The molecule has 0 aliphatic heterocycles. The lowest BCUT2D eigenvalue weighted by atomic mass is 10.2. The maximum Gasteiger partial charge on any atom is 0.148 e. The van der Waals surface area contributed by atoms with E-state index in [2.05, 4.69) is 31.9 Å². The molecule has 2 rings (SSSR count). The van der Waals surface area contributed by atoms with Crippen molar-refractivity contribution >= 4 is 37.5 Å². The number of halogens is 3. The Labute approximate surface area is 121 Å². The topological polar surface area (TPSA) is 35.2 Å². The SMILES string of the molecule is Nc1ccc(F)cc1COc1c(Br)cccc1Br. The van der Waals surface area contributed by atoms with Crippen LogP contribution in [-0.4, -0.2) is 0 Å². The van der Waals surface area contributed by atoms with E-state index in [0.29, 0.717) is 17.0 Å². The molecule has 0 bridgehead atoms. The fraction of sp³-hybridized carbons (Fsp3) is 0.0769. The van der Waals surface area contributed by atoms with Crippen LogP contribution in [0.3, 0.4) is 0 Å². The van der Waals surface area contributed by atoms with Crippen molar-refractivity contribution in [1.29, 1.82) is 0 Å². The van der Waals surface area contributed by atoms with Crippen molar-refractivity contribution in [3.8, 4) is 5.75 Å². The molecule has 2 aromatic rings. The van der Waals surface area contributed by atoms with Gasteiger partial charge in [0.1, 0.15) is 18.2 Å². The van der Waals surface area contributed by atoms with E-state index in [1.807, 2.05) is 18.2 Å². The van der Waals surface area contributed by atoms with E-state index >= 15 is 0 Å². The Balaban J connectivity index is 2.19. The Morgan fingerprint density at radius 1 is 1.11 bits per heavy atom. The van der Waals surface area contributed by atoms with E-state index in [-0.39, 0.29) is 12.4 Å². The van der Waals surface area contributed by atoms with E-state index in [1.54, 1.807) is 0 Å². The third kappa shape index (κ3) is 3.03. The third-order valence-electron chi connectivity index (χ3n) is 2.40. The van der Waals surface area contributed by atoms with Crippen molar-refractivity contribution in [1.82, 2.24) is 0 Å². The lowest BCUT2D eigenvalue weighted by Crippen LogP contribution is -2.01. The Morgan fingerprint density at radius 3 is 2.44 bits per heavy atom. The standard InChI is InChI=1S/C13H10Br2FNO/c14-10-2-1-3-11(15)13(10)18-7-8-6-9(16)4-5-12(8)17/h1-6H,7,17H2. The van der Waals surface area contributed by atoms with Crippen LogP contribution in [0.4, 0.5) is 10.1 Å². The predicted molar refractivity (Wildman–Crippen MR) is 77.0 cm³/mol. The van der Waals surface area contributed by atoms with Crippen LogP contribution in [0.5, 0.6) is 5.75 Å². The maximum atomic E-state index is 13.1. The minimum Gasteiger partial charge on any atom is -0.486 e. The summed E-state index contributed by atoms with van der Waals surface area (Å²) in [7, 11) is 0. The van der Waals surface area contributed by atoms with Crippen LogP contribution < -0.4 is 10.5 Å². The molecule has 0 saturated carbocycles. The molecule has 2 nitrogen and oxygen atoms in total. The molecule has 0 aromatic heterocycles. The van der Waals surface area contributed by atoms with Crippen LogP contribution in [-0.2, 0) is 6.61 Å². The van der Waals surface area contributed by atoms with E-state index in [4.69, 9.17) is 10.5 Å². The molecular formula is C13H10Br2FNO. The molecule has 2 aromatic carbocycles. The molecule has 0 atom stereocenters. The Bertz CT molecular complexity index is 555. The molecule has 0 spiro atoms. The summed E-state index contributed by atoms with van der Waals surface area (Å²) < 4.78 is 20.4. The molecule has 0 amide bonds. The second-order valence-corrected chi connectivity index (χ2v) is 5.39. The number of nitrogens with two attached hydrogens (primary N) is 1. The van der Waals surface area contributed by atoms with Crippen molar-refractivity contribution < 1.29 is 9.13 Å². The van der Waals surface area contributed by atoms with Gasteiger partial charge in [-0.3, -0.25) is 0 Å². The second kappa shape index (κ2) is 5.71. The molecule has 2 N–H and O–H groups in total. The van der Waals surface area contributed by atoms with Crippen LogP contribution in [0.2, 0.25) is 0 Å². The normalized spacial score (nSPS) is 10.4. The maximum absolute atomic E-state index is 13.1. The summed E-state index contributed by atoms with van der Waals surface area (Å²) in [6.45, 7) is 0.213. The van der Waals surface area contributed by atoms with E-state index in [1.165, 1.54) is 18.2 Å². The van der Waals surface area contributed by atoms with Crippen LogP contribution in [0.25, 0.3) is 0 Å². The van der Waals surface area contributed by atoms with Gasteiger partial charge in [-0.2, -0.15) is 0 Å². The fourth-order valence-corrected chi connectivity index (χ4v) is 2.70. The lowest BCUT2D eigenvalue weighted by Gasteiger charge is -2.11. The van der Waals surface area contributed by atoms with Gasteiger partial charge in [0.2, 0.25) is 0 Å². The van der Waals surface area contributed by atoms with Gasteiger partial charge in [-0.15, -0.1) is 0 Å². The number of hydrogen-bond acceptors (Lipinski definition) is 2. The van der Waals surface area contributed by atoms with Gasteiger partial charge >= 0.3 is 0 Å². The van der Waals surface area contributed by atoms with Gasteiger partial charge in [-0.25, -0.2) is 4.39 Å².